The van der Waals surface area contributed by atoms with E-state index in [4.69, 9.17) is 0 Å². The maximum atomic E-state index is 12.9. The smallest absolute Gasteiger partial charge is 0.412 e. The standard InChI is InChI=1S/C7H6F6O2/c1-3-4(14)15-6(10,5(2,8)9)7(11,12)13/h3H,1H2,2H3. The lowest BCUT2D eigenvalue weighted by Gasteiger charge is -2.31. The summed E-state index contributed by atoms with van der Waals surface area (Å²) in [7, 11) is 0. The van der Waals surface area contributed by atoms with Crippen LogP contribution in [0.2, 0.25) is 0 Å². The second kappa shape index (κ2) is 3.74. The molecular formula is C7H6F6O2. The monoisotopic (exact) mass is 236 g/mol. The molecule has 0 saturated heterocycles. The van der Waals surface area contributed by atoms with Gasteiger partial charge in [-0.3, -0.25) is 0 Å². The molecule has 88 valence electrons. The van der Waals surface area contributed by atoms with Gasteiger partial charge in [0.05, 0.1) is 0 Å². The lowest BCUT2D eigenvalue weighted by atomic mass is 10.1. The van der Waals surface area contributed by atoms with E-state index in [1.54, 1.807) is 0 Å². The number of halogens is 6. The largest absolute Gasteiger partial charge is 0.467 e. The molecule has 8 heteroatoms. The summed E-state index contributed by atoms with van der Waals surface area (Å²) < 4.78 is 76.4. The number of alkyl halides is 6. The molecule has 0 N–H and O–H groups in total. The van der Waals surface area contributed by atoms with Crippen molar-refractivity contribution in [1.29, 1.82) is 0 Å². The molecule has 0 amide bonds. The summed E-state index contributed by atoms with van der Waals surface area (Å²) in [6.45, 7) is 2.31. The van der Waals surface area contributed by atoms with Crippen molar-refractivity contribution in [3.63, 3.8) is 0 Å². The highest BCUT2D eigenvalue weighted by Crippen LogP contribution is 2.45. The van der Waals surface area contributed by atoms with Crippen LogP contribution in [0.3, 0.4) is 0 Å². The summed E-state index contributed by atoms with van der Waals surface area (Å²) in [6, 6.07) is 0. The van der Waals surface area contributed by atoms with E-state index in [9.17, 15) is 31.1 Å². The minimum atomic E-state index is -6.04. The molecule has 2 nitrogen and oxygen atoms in total. The van der Waals surface area contributed by atoms with E-state index in [0.717, 1.165) is 0 Å². The van der Waals surface area contributed by atoms with Crippen molar-refractivity contribution in [2.24, 2.45) is 0 Å². The van der Waals surface area contributed by atoms with Crippen LogP contribution in [0.25, 0.3) is 0 Å². The summed E-state index contributed by atoms with van der Waals surface area (Å²) in [6.07, 6.45) is -5.89. The third-order valence-electron chi connectivity index (χ3n) is 1.34. The predicted molar refractivity (Wildman–Crippen MR) is 36.8 cm³/mol. The van der Waals surface area contributed by atoms with E-state index in [0.29, 0.717) is 0 Å². The first-order valence-corrected chi connectivity index (χ1v) is 3.44. The molecule has 1 unspecified atom stereocenters. The van der Waals surface area contributed by atoms with Crippen LogP contribution < -0.4 is 0 Å². The Kier molecular flexibility index (Phi) is 3.44. The van der Waals surface area contributed by atoms with Gasteiger partial charge in [-0.15, -0.1) is 0 Å². The second-order valence-corrected chi connectivity index (χ2v) is 2.61. The number of hydrogen-bond donors (Lipinski definition) is 0. The van der Waals surface area contributed by atoms with Crippen molar-refractivity contribution in [3.8, 4) is 0 Å². The molecule has 0 aromatic heterocycles. The number of esters is 1. The highest BCUT2D eigenvalue weighted by atomic mass is 19.4. The fourth-order valence-corrected chi connectivity index (χ4v) is 0.577. The minimum absolute atomic E-state index is 0.145. The Morgan fingerprint density at radius 3 is 1.80 bits per heavy atom. The normalized spacial score (nSPS) is 16.7. The third kappa shape index (κ3) is 2.63. The maximum Gasteiger partial charge on any atom is 0.467 e. The van der Waals surface area contributed by atoms with E-state index in [2.05, 4.69) is 11.3 Å². The number of hydrogen-bond acceptors (Lipinski definition) is 2. The van der Waals surface area contributed by atoms with Crippen LogP contribution in [0.5, 0.6) is 0 Å². The van der Waals surface area contributed by atoms with Crippen LogP contribution in [-0.2, 0) is 9.53 Å². The van der Waals surface area contributed by atoms with Gasteiger partial charge in [0, 0.05) is 13.0 Å². The Morgan fingerprint density at radius 1 is 1.20 bits per heavy atom. The van der Waals surface area contributed by atoms with Crippen LogP contribution in [-0.4, -0.2) is 23.9 Å². The number of ether oxygens (including phenoxy) is 1. The van der Waals surface area contributed by atoms with Crippen molar-refractivity contribution >= 4 is 5.97 Å². The third-order valence-corrected chi connectivity index (χ3v) is 1.34. The Bertz CT molecular complexity index is 250. The van der Waals surface area contributed by atoms with Gasteiger partial charge in [0.1, 0.15) is 0 Å². The van der Waals surface area contributed by atoms with Crippen LogP contribution in [0.1, 0.15) is 6.92 Å². The average Bonchev–Trinajstić information content (AvgIpc) is 1.99. The lowest BCUT2D eigenvalue weighted by molar-refractivity contribution is -0.381. The highest BCUT2D eigenvalue weighted by Gasteiger charge is 2.72. The minimum Gasteiger partial charge on any atom is -0.412 e. The Labute approximate surface area is 80.5 Å². The van der Waals surface area contributed by atoms with Crippen LogP contribution in [0.4, 0.5) is 26.3 Å². The molecule has 0 fully saturated rings. The molecule has 0 spiro atoms. The first kappa shape index (κ1) is 13.8. The van der Waals surface area contributed by atoms with E-state index in [-0.39, 0.29) is 13.0 Å². The topological polar surface area (TPSA) is 26.3 Å². The van der Waals surface area contributed by atoms with Crippen LogP contribution >= 0.6 is 0 Å². The summed E-state index contributed by atoms with van der Waals surface area (Å²) >= 11 is 0. The van der Waals surface area contributed by atoms with Gasteiger partial charge < -0.3 is 4.74 Å². The molecular weight excluding hydrogens is 230 g/mol. The van der Waals surface area contributed by atoms with E-state index in [1.807, 2.05) is 0 Å². The summed E-state index contributed by atoms with van der Waals surface area (Å²) in [5.74, 6) is -12.2. The summed E-state index contributed by atoms with van der Waals surface area (Å²) in [5.41, 5.74) is 0. The Balaban J connectivity index is 5.24. The quantitative estimate of drug-likeness (QED) is 0.427. The van der Waals surface area contributed by atoms with E-state index in [1.165, 1.54) is 0 Å². The van der Waals surface area contributed by atoms with E-state index >= 15 is 0 Å². The molecule has 0 aliphatic heterocycles. The number of carbonyl (C=O) groups excluding carboxylic acids is 1. The lowest BCUT2D eigenvalue weighted by Crippen LogP contribution is -2.56. The first-order valence-electron chi connectivity index (χ1n) is 3.44. The molecule has 15 heavy (non-hydrogen) atoms. The van der Waals surface area contributed by atoms with E-state index < -0.39 is 23.9 Å². The van der Waals surface area contributed by atoms with Gasteiger partial charge in [0.15, 0.2) is 0 Å². The van der Waals surface area contributed by atoms with Crippen molar-refractivity contribution < 1.29 is 35.9 Å². The zero-order chi connectivity index (χ0) is 12.5. The highest BCUT2D eigenvalue weighted by molar-refractivity contribution is 5.81. The van der Waals surface area contributed by atoms with Gasteiger partial charge >= 0.3 is 23.9 Å². The Hall–Kier alpha value is -1.21. The molecule has 0 aromatic rings. The number of carbonyl (C=O) groups is 1. The summed E-state index contributed by atoms with van der Waals surface area (Å²) in [5, 5.41) is 0. The second-order valence-electron chi connectivity index (χ2n) is 2.61. The van der Waals surface area contributed by atoms with Crippen molar-refractivity contribution in [2.75, 3.05) is 0 Å². The predicted octanol–water partition coefficient (Wildman–Crippen LogP) is 2.60. The molecule has 0 heterocycles. The SMILES string of the molecule is C=CC(=O)OC(F)(C(C)(F)F)C(F)(F)F. The zero-order valence-corrected chi connectivity index (χ0v) is 7.37. The van der Waals surface area contributed by atoms with Gasteiger partial charge in [-0.05, 0) is 0 Å². The van der Waals surface area contributed by atoms with Gasteiger partial charge in [0.25, 0.3) is 0 Å². The zero-order valence-electron chi connectivity index (χ0n) is 7.37. The molecule has 0 rings (SSSR count). The molecule has 0 aliphatic rings. The molecule has 0 aliphatic carbocycles. The molecule has 1 atom stereocenters. The summed E-state index contributed by atoms with van der Waals surface area (Å²) in [4.78, 5) is 10.3. The van der Waals surface area contributed by atoms with Gasteiger partial charge in [-0.25, -0.2) is 4.79 Å². The van der Waals surface area contributed by atoms with Gasteiger partial charge in [-0.1, -0.05) is 6.58 Å². The van der Waals surface area contributed by atoms with Gasteiger partial charge in [0.2, 0.25) is 0 Å². The Morgan fingerprint density at radius 2 is 1.60 bits per heavy atom. The maximum absolute atomic E-state index is 12.9. The molecule has 0 radical (unpaired) electrons. The van der Waals surface area contributed by atoms with Crippen LogP contribution in [0, 0.1) is 0 Å². The van der Waals surface area contributed by atoms with Crippen molar-refractivity contribution in [2.45, 2.75) is 24.9 Å². The fourth-order valence-electron chi connectivity index (χ4n) is 0.577. The molecule has 0 bridgehead atoms. The van der Waals surface area contributed by atoms with Crippen molar-refractivity contribution in [3.05, 3.63) is 12.7 Å². The molecule has 0 saturated carbocycles. The number of rotatable bonds is 3. The fraction of sp³-hybridized carbons (Fsp3) is 0.571. The van der Waals surface area contributed by atoms with Gasteiger partial charge in [-0.2, -0.15) is 26.3 Å². The first-order chi connectivity index (χ1) is 6.45. The average molecular weight is 236 g/mol. The van der Waals surface area contributed by atoms with Crippen LogP contribution in [0.15, 0.2) is 12.7 Å². The molecule has 0 aromatic carbocycles. The van der Waals surface area contributed by atoms with Crippen molar-refractivity contribution in [1.82, 2.24) is 0 Å².